The maximum absolute atomic E-state index is 14.0. The summed E-state index contributed by atoms with van der Waals surface area (Å²) in [5.74, 6) is -0.611. The van der Waals surface area contributed by atoms with Crippen molar-refractivity contribution < 1.29 is 49.2 Å². The number of aliphatic hydroxyl groups excluding tert-OH is 2. The molecule has 4 fully saturated rings. The molecular formula is C57H73N3O10S2. The van der Waals surface area contributed by atoms with Crippen LogP contribution in [-0.2, 0) is 25.8 Å². The number of amides is 2. The maximum Gasteiger partial charge on any atom is 0.348 e. The third-order valence-electron chi connectivity index (χ3n) is 16.0. The topological polar surface area (TPSA) is 194 Å². The monoisotopic (exact) mass is 1020 g/mol. The minimum Gasteiger partial charge on any atom is -0.477 e. The molecule has 4 saturated carbocycles. The van der Waals surface area contributed by atoms with Gasteiger partial charge in [0.05, 0.1) is 29.3 Å². The molecule has 0 bridgehead atoms. The highest BCUT2D eigenvalue weighted by Crippen LogP contribution is 2.44. The number of oxime groups is 1. The Hall–Kier alpha value is -4.96. The lowest BCUT2D eigenvalue weighted by atomic mass is 9.81. The number of carboxylic acid groups (broad SMARTS) is 2. The Labute approximate surface area is 432 Å². The van der Waals surface area contributed by atoms with E-state index in [1.807, 2.05) is 53.4 Å². The second-order valence-corrected chi connectivity index (χ2v) is 23.4. The van der Waals surface area contributed by atoms with Crippen molar-refractivity contribution in [3.63, 3.8) is 0 Å². The van der Waals surface area contributed by atoms with Gasteiger partial charge in [-0.05, 0) is 163 Å². The first-order valence-electron chi connectivity index (χ1n) is 26.6. The van der Waals surface area contributed by atoms with Crippen LogP contribution in [0.25, 0.3) is 11.1 Å². The number of carboxylic acids is 2. The van der Waals surface area contributed by atoms with Gasteiger partial charge in [-0.25, -0.2) is 9.59 Å². The number of aromatic carboxylic acids is 2. The molecule has 1 aromatic carbocycles. The quantitative estimate of drug-likeness (QED) is 0.120. The minimum atomic E-state index is -1.02. The van der Waals surface area contributed by atoms with Crippen molar-refractivity contribution in [2.75, 3.05) is 9.80 Å². The fourth-order valence-corrected chi connectivity index (χ4v) is 13.6. The highest BCUT2D eigenvalue weighted by atomic mass is 32.1. The number of Topliss-reactive ketones (excluding diaryl/α,β-unsaturated/α-hetero) is 1. The zero-order chi connectivity index (χ0) is 50.9. The van der Waals surface area contributed by atoms with Crippen molar-refractivity contribution in [3.8, 4) is 0 Å². The molecule has 15 heteroatoms. The lowest BCUT2D eigenvalue weighted by Gasteiger charge is -2.38. The average molecular weight is 1020 g/mol. The van der Waals surface area contributed by atoms with E-state index in [4.69, 9.17) is 4.84 Å². The van der Waals surface area contributed by atoms with Gasteiger partial charge in [-0.1, -0.05) is 61.5 Å². The summed E-state index contributed by atoms with van der Waals surface area (Å²) in [6.07, 6.45) is 19.7. The van der Waals surface area contributed by atoms with E-state index in [2.05, 4.69) is 25.1 Å². The Morgan fingerprint density at radius 1 is 0.597 bits per heavy atom. The standard InChI is InChI=1S/C32H40N2O5S.C25H33NO5S/c1-21-7-9-24(10-8-21)31(36)34(26-15-17-27(35)18-16-26)28-19-29(40-30(28)32(37)38)23-11-13-25(14-12-23)33-39-20-22-5-3-2-4-6-22;1-15-2-4-17(5-3-15)24(29)26(18-8-12-20(28)13-9-18)21-14-22(32-23(21)25(30)31)16-6-10-19(27)11-7-16/h2-6,11,19,21,24,26-27,35H,7-10,12-18,20H2,1H3,(H,37,38);6,14-15,17-18,20,28H,2-5,7-13H2,1H3,(H,30,31)/b33-25-;. The first-order valence-corrected chi connectivity index (χ1v) is 28.2. The number of rotatable bonds is 13. The predicted molar refractivity (Wildman–Crippen MR) is 284 cm³/mol. The lowest BCUT2D eigenvalue weighted by molar-refractivity contribution is -0.125. The fraction of sp³-hybridized carbons (Fsp3) is 0.579. The van der Waals surface area contributed by atoms with Crippen LogP contribution < -0.4 is 9.80 Å². The molecule has 0 aliphatic heterocycles. The number of nitrogens with zero attached hydrogens (tertiary/aromatic N) is 3. The number of benzene rings is 1. The number of thiophene rings is 2. The number of allylic oxidation sites excluding steroid dienone is 4. The zero-order valence-electron chi connectivity index (χ0n) is 42.0. The van der Waals surface area contributed by atoms with E-state index in [1.54, 1.807) is 4.90 Å². The van der Waals surface area contributed by atoms with Crippen molar-refractivity contribution in [2.45, 2.75) is 186 Å². The predicted octanol–water partition coefficient (Wildman–Crippen LogP) is 12.1. The van der Waals surface area contributed by atoms with Crippen molar-refractivity contribution in [2.24, 2.45) is 28.8 Å². The number of aliphatic hydroxyl groups is 2. The summed E-state index contributed by atoms with van der Waals surface area (Å²) in [5, 5.41) is 44.7. The Bertz CT molecular complexity index is 2480. The fourth-order valence-electron chi connectivity index (χ4n) is 11.5. The third kappa shape index (κ3) is 13.4. The molecule has 13 nitrogen and oxygen atoms in total. The van der Waals surface area contributed by atoms with Crippen LogP contribution >= 0.6 is 22.7 Å². The molecule has 72 heavy (non-hydrogen) atoms. The van der Waals surface area contributed by atoms with E-state index in [1.165, 1.54) is 22.7 Å². The van der Waals surface area contributed by atoms with Gasteiger partial charge in [-0.3, -0.25) is 14.4 Å². The van der Waals surface area contributed by atoms with Gasteiger partial charge < -0.3 is 35.1 Å². The van der Waals surface area contributed by atoms with Crippen LogP contribution in [0, 0.1) is 23.7 Å². The van der Waals surface area contributed by atoms with Gasteiger partial charge in [0.15, 0.2) is 0 Å². The van der Waals surface area contributed by atoms with E-state index in [0.29, 0.717) is 107 Å². The molecule has 0 radical (unpaired) electrons. The van der Waals surface area contributed by atoms with Crippen molar-refractivity contribution in [1.82, 2.24) is 0 Å². The molecule has 3 aromatic rings. The summed E-state index contributed by atoms with van der Waals surface area (Å²) in [6.45, 7) is 4.88. The summed E-state index contributed by atoms with van der Waals surface area (Å²) in [5.41, 5.74) is 5.17. The maximum atomic E-state index is 14.0. The van der Waals surface area contributed by atoms with Crippen molar-refractivity contribution in [3.05, 3.63) is 79.7 Å². The number of hydrogen-bond donors (Lipinski definition) is 4. The van der Waals surface area contributed by atoms with Gasteiger partial charge in [0.2, 0.25) is 11.8 Å². The molecule has 6 aliphatic carbocycles. The van der Waals surface area contributed by atoms with Gasteiger partial charge in [-0.15, -0.1) is 22.7 Å². The van der Waals surface area contributed by atoms with Crippen molar-refractivity contribution >= 4 is 80.4 Å². The van der Waals surface area contributed by atoms with Crippen LogP contribution in [0.5, 0.6) is 0 Å². The molecular weight excluding hydrogens is 951 g/mol. The molecule has 0 spiro atoms. The summed E-state index contributed by atoms with van der Waals surface area (Å²) < 4.78 is 0. The highest BCUT2D eigenvalue weighted by molar-refractivity contribution is 7.16. The molecule has 388 valence electrons. The van der Waals surface area contributed by atoms with Gasteiger partial charge in [0, 0.05) is 52.9 Å². The molecule has 0 unspecified atom stereocenters. The highest BCUT2D eigenvalue weighted by Gasteiger charge is 2.40. The molecule has 9 rings (SSSR count). The summed E-state index contributed by atoms with van der Waals surface area (Å²) in [7, 11) is 0. The smallest absolute Gasteiger partial charge is 0.348 e. The van der Waals surface area contributed by atoms with Crippen LogP contribution in [-0.4, -0.2) is 80.0 Å². The Morgan fingerprint density at radius 3 is 1.44 bits per heavy atom. The summed E-state index contributed by atoms with van der Waals surface area (Å²) in [6, 6.07) is 13.6. The summed E-state index contributed by atoms with van der Waals surface area (Å²) >= 11 is 2.48. The first-order chi connectivity index (χ1) is 34.7. The Balaban J connectivity index is 0.000000197. The summed E-state index contributed by atoms with van der Waals surface area (Å²) in [4.78, 5) is 75.5. The average Bonchev–Trinajstić information content (AvgIpc) is 4.03. The molecule has 0 saturated heterocycles. The Morgan fingerprint density at radius 2 is 1.04 bits per heavy atom. The second-order valence-electron chi connectivity index (χ2n) is 21.3. The first kappa shape index (κ1) is 53.3. The number of carbonyl (C=O) groups is 5. The van der Waals surface area contributed by atoms with Crippen LogP contribution in [0.2, 0.25) is 0 Å². The molecule has 4 N–H and O–H groups in total. The van der Waals surface area contributed by atoms with E-state index < -0.39 is 11.9 Å². The third-order valence-corrected chi connectivity index (χ3v) is 18.4. The van der Waals surface area contributed by atoms with Gasteiger partial charge >= 0.3 is 11.9 Å². The minimum absolute atomic E-state index is 0.0398. The lowest BCUT2D eigenvalue weighted by Crippen LogP contribution is -2.47. The van der Waals surface area contributed by atoms with Crippen LogP contribution in [0.3, 0.4) is 0 Å². The number of hydrogen-bond acceptors (Lipinski definition) is 11. The van der Waals surface area contributed by atoms with E-state index in [-0.39, 0.29) is 63.5 Å². The second kappa shape index (κ2) is 24.8. The number of carbonyl (C=O) groups excluding carboxylic acids is 3. The van der Waals surface area contributed by atoms with Gasteiger partial charge in [-0.2, -0.15) is 0 Å². The molecule has 2 heterocycles. The molecule has 0 atom stereocenters. The van der Waals surface area contributed by atoms with Crippen molar-refractivity contribution in [1.29, 1.82) is 0 Å². The Kier molecular flexibility index (Phi) is 18.4. The zero-order valence-corrected chi connectivity index (χ0v) is 43.6. The van der Waals surface area contributed by atoms with Gasteiger partial charge in [0.1, 0.15) is 22.1 Å². The van der Waals surface area contributed by atoms with Crippen LogP contribution in [0.4, 0.5) is 11.4 Å². The molecule has 6 aliphatic rings. The van der Waals surface area contributed by atoms with E-state index >= 15 is 0 Å². The van der Waals surface area contributed by atoms with E-state index in [9.17, 15) is 44.4 Å². The number of anilines is 2. The molecule has 2 aromatic heterocycles. The SMILES string of the molecule is CC1CCC(C(=O)N(c2cc(C3=CC/C(=N/OCc4ccccc4)CC3)sc2C(=O)O)C2CCC(O)CC2)CC1.CC1CCC(C(=O)N(c2cc(C3=CCC(=O)CC3)sc2C(=O)O)C2CCC(O)CC2)CC1. The molecule has 2 amide bonds. The largest absolute Gasteiger partial charge is 0.477 e. The van der Waals surface area contributed by atoms with Gasteiger partial charge in [0.25, 0.3) is 0 Å². The normalized spacial score (nSPS) is 27.4. The van der Waals surface area contributed by atoms with E-state index in [0.717, 1.165) is 96.4 Å². The van der Waals surface area contributed by atoms with Crippen LogP contribution in [0.1, 0.15) is 190 Å². The number of ketones is 1. The van der Waals surface area contributed by atoms with Crippen LogP contribution in [0.15, 0.2) is 59.8 Å².